The highest BCUT2D eigenvalue weighted by Gasteiger charge is 2.59. The zero-order valence-corrected chi connectivity index (χ0v) is 26.0. The molecule has 6 rings (SSSR count). The van der Waals surface area contributed by atoms with Crippen molar-refractivity contribution in [2.24, 2.45) is 35.8 Å². The second kappa shape index (κ2) is 8.49. The first kappa shape index (κ1) is 26.7. The van der Waals surface area contributed by atoms with Crippen molar-refractivity contribution in [1.82, 2.24) is 0 Å². The third kappa shape index (κ3) is 3.75. The Bertz CT molecular complexity index is 1650. The van der Waals surface area contributed by atoms with Crippen molar-refractivity contribution in [3.63, 3.8) is 0 Å². The molecule has 0 radical (unpaired) electrons. The van der Waals surface area contributed by atoms with Crippen LogP contribution in [0.25, 0.3) is 11.1 Å². The third-order valence-corrected chi connectivity index (χ3v) is 9.94. The molecule has 0 saturated carbocycles. The third-order valence-electron chi connectivity index (χ3n) is 9.94. The van der Waals surface area contributed by atoms with Crippen LogP contribution >= 0.6 is 0 Å². The van der Waals surface area contributed by atoms with Crippen LogP contribution in [0.15, 0.2) is 119 Å². The average molecular weight is 529 g/mol. The lowest BCUT2D eigenvalue weighted by atomic mass is 9.43. The van der Waals surface area contributed by atoms with E-state index in [1.807, 2.05) is 0 Å². The van der Waals surface area contributed by atoms with E-state index >= 15 is 0 Å². The summed E-state index contributed by atoms with van der Waals surface area (Å²) in [4.78, 5) is 0. The number of allylic oxidation sites excluding steroid dienone is 14. The molecule has 2 unspecified atom stereocenters. The molecule has 0 aromatic carbocycles. The van der Waals surface area contributed by atoms with Crippen molar-refractivity contribution in [3.05, 3.63) is 130 Å². The Kier molecular flexibility index (Phi) is 5.67. The van der Waals surface area contributed by atoms with Crippen molar-refractivity contribution in [3.8, 4) is 0 Å². The lowest BCUT2D eigenvalue weighted by Crippen LogP contribution is -2.49. The zero-order chi connectivity index (χ0) is 28.8. The second-order valence-corrected chi connectivity index (χ2v) is 14.6. The molecule has 2 heterocycles. The summed E-state index contributed by atoms with van der Waals surface area (Å²) in [6.07, 6.45) is 23.7. The summed E-state index contributed by atoms with van der Waals surface area (Å²) in [7, 11) is 4.18. The molecule has 0 fully saturated rings. The van der Waals surface area contributed by atoms with Gasteiger partial charge in [-0.3, -0.25) is 0 Å². The maximum absolute atomic E-state index is 2.52. The van der Waals surface area contributed by atoms with E-state index in [-0.39, 0.29) is 21.7 Å². The smallest absolute Gasteiger partial charge is 0.169 e. The molecule has 0 amide bonds. The van der Waals surface area contributed by atoms with Gasteiger partial charge in [0.15, 0.2) is 24.8 Å². The van der Waals surface area contributed by atoms with Gasteiger partial charge in [0.2, 0.25) is 0 Å². The molecular formula is C38H44N2+2. The summed E-state index contributed by atoms with van der Waals surface area (Å²) >= 11 is 0. The Balaban J connectivity index is 1.76. The van der Waals surface area contributed by atoms with Gasteiger partial charge in [-0.1, -0.05) is 79.7 Å². The van der Waals surface area contributed by atoms with Crippen molar-refractivity contribution in [1.29, 1.82) is 0 Å². The number of hydrogen-bond donors (Lipinski definition) is 0. The summed E-state index contributed by atoms with van der Waals surface area (Å²) in [6, 6.07) is 9.10. The van der Waals surface area contributed by atoms with Crippen molar-refractivity contribution in [2.75, 3.05) is 0 Å². The SMILES string of the molecule is C[n+]1ccc(C2=CC3=CC(C(C)(C)C)=CC4=C(c5cc[n+](C)cc5)C=C5C=C(C(C)(C)C)C=C2C5(C)C34C)cc1. The summed E-state index contributed by atoms with van der Waals surface area (Å²) in [6.45, 7) is 19.0. The van der Waals surface area contributed by atoms with Crippen molar-refractivity contribution >= 4 is 11.1 Å². The Morgan fingerprint density at radius 3 is 1.60 bits per heavy atom. The minimum Gasteiger partial charge on any atom is -0.208 e. The molecule has 2 aromatic rings. The quantitative estimate of drug-likeness (QED) is 0.349. The first-order valence-corrected chi connectivity index (χ1v) is 14.6. The molecule has 0 bridgehead atoms. The van der Waals surface area contributed by atoms with Crippen LogP contribution in [0.1, 0.15) is 66.5 Å². The lowest BCUT2D eigenvalue weighted by Gasteiger charge is -2.59. The van der Waals surface area contributed by atoms with Gasteiger partial charge >= 0.3 is 0 Å². The van der Waals surface area contributed by atoms with Crippen molar-refractivity contribution in [2.45, 2.75) is 55.4 Å². The van der Waals surface area contributed by atoms with Gasteiger partial charge in [0.05, 0.1) is 0 Å². The van der Waals surface area contributed by atoms with Gasteiger partial charge in [-0.25, -0.2) is 9.13 Å². The average Bonchev–Trinajstić information content (AvgIpc) is 2.87. The van der Waals surface area contributed by atoms with E-state index in [0.717, 1.165) is 0 Å². The number of nitrogens with zero attached hydrogens (tertiary/aromatic N) is 2. The molecule has 4 aliphatic rings. The monoisotopic (exact) mass is 528 g/mol. The molecule has 0 saturated heterocycles. The molecule has 2 heteroatoms. The first-order valence-electron chi connectivity index (χ1n) is 14.6. The number of hydrogen-bond acceptors (Lipinski definition) is 0. The molecule has 0 spiro atoms. The molecule has 0 N–H and O–H groups in total. The Hall–Kier alpha value is -3.52. The van der Waals surface area contributed by atoms with E-state index in [1.165, 1.54) is 55.7 Å². The fourth-order valence-electron chi connectivity index (χ4n) is 6.97. The minimum atomic E-state index is -0.201. The molecule has 204 valence electrons. The van der Waals surface area contributed by atoms with E-state index in [2.05, 4.69) is 164 Å². The van der Waals surface area contributed by atoms with E-state index < -0.39 is 0 Å². The molecular weight excluding hydrogens is 484 g/mol. The van der Waals surface area contributed by atoms with Crippen molar-refractivity contribution < 1.29 is 9.13 Å². The van der Waals surface area contributed by atoms with Crippen LogP contribution in [0.5, 0.6) is 0 Å². The van der Waals surface area contributed by atoms with Gasteiger partial charge in [-0.05, 0) is 78.7 Å². The molecule has 2 aromatic heterocycles. The van der Waals surface area contributed by atoms with Crippen LogP contribution in [0.2, 0.25) is 0 Å². The molecule has 4 aliphatic carbocycles. The van der Waals surface area contributed by atoms with Crippen LogP contribution in [-0.4, -0.2) is 0 Å². The largest absolute Gasteiger partial charge is 0.208 e. The zero-order valence-electron chi connectivity index (χ0n) is 26.0. The highest BCUT2D eigenvalue weighted by molar-refractivity contribution is 5.94. The number of pyridine rings is 2. The molecule has 0 aliphatic heterocycles. The molecule has 2 atom stereocenters. The fraction of sp³-hybridized carbons (Fsp3) is 0.368. The highest BCUT2D eigenvalue weighted by atomic mass is 14.9. The number of aryl methyl sites for hydroxylation is 2. The minimum absolute atomic E-state index is 0.0386. The van der Waals surface area contributed by atoms with Crippen LogP contribution in [-0.2, 0) is 14.1 Å². The van der Waals surface area contributed by atoms with Crippen LogP contribution in [0.4, 0.5) is 0 Å². The maximum atomic E-state index is 2.52. The summed E-state index contributed by atoms with van der Waals surface area (Å²) in [5.74, 6) is 0. The van der Waals surface area contributed by atoms with Gasteiger partial charge in [-0.2, -0.15) is 0 Å². The van der Waals surface area contributed by atoms with Gasteiger partial charge in [0.1, 0.15) is 14.1 Å². The second-order valence-electron chi connectivity index (χ2n) is 14.6. The van der Waals surface area contributed by atoms with Gasteiger partial charge in [0.25, 0.3) is 0 Å². The van der Waals surface area contributed by atoms with E-state index in [1.54, 1.807) is 0 Å². The number of aromatic nitrogens is 2. The summed E-state index contributed by atoms with van der Waals surface area (Å²) in [5, 5.41) is 0. The molecule has 2 nitrogen and oxygen atoms in total. The van der Waals surface area contributed by atoms with Crippen LogP contribution in [0, 0.1) is 21.7 Å². The normalized spacial score (nSPS) is 25.8. The van der Waals surface area contributed by atoms with Gasteiger partial charge in [-0.15, -0.1) is 0 Å². The number of rotatable bonds is 2. The van der Waals surface area contributed by atoms with Crippen LogP contribution in [0.3, 0.4) is 0 Å². The Labute approximate surface area is 241 Å². The Morgan fingerprint density at radius 1 is 0.550 bits per heavy atom. The van der Waals surface area contributed by atoms with Gasteiger partial charge in [0, 0.05) is 35.1 Å². The topological polar surface area (TPSA) is 7.76 Å². The predicted molar refractivity (Wildman–Crippen MR) is 166 cm³/mol. The summed E-state index contributed by atoms with van der Waals surface area (Å²) in [5.41, 5.74) is 13.4. The summed E-state index contributed by atoms with van der Waals surface area (Å²) < 4.78 is 4.24. The van der Waals surface area contributed by atoms with E-state index in [4.69, 9.17) is 0 Å². The standard InChI is InChI=1S/C38H44N2/c1-35(2,3)27-19-29-21-32(26-13-17-40(10)18-14-26)34-24-28(36(4,5)6)20-30-22-31(25-11-15-39(9)16-12-25)33(23-27)37(29,7)38(30,34)8/h11-24H,1-10H3/q+2. The molecule has 40 heavy (non-hydrogen) atoms. The first-order chi connectivity index (χ1) is 18.6. The maximum Gasteiger partial charge on any atom is 0.169 e. The van der Waals surface area contributed by atoms with E-state index in [9.17, 15) is 0 Å². The van der Waals surface area contributed by atoms with Crippen LogP contribution < -0.4 is 9.13 Å². The highest BCUT2D eigenvalue weighted by Crippen LogP contribution is 2.70. The fourth-order valence-corrected chi connectivity index (χ4v) is 6.97. The van der Waals surface area contributed by atoms with E-state index in [0.29, 0.717) is 0 Å². The lowest BCUT2D eigenvalue weighted by molar-refractivity contribution is -0.671. The van der Waals surface area contributed by atoms with Gasteiger partial charge < -0.3 is 0 Å². The predicted octanol–water partition coefficient (Wildman–Crippen LogP) is 7.96. The Morgan fingerprint density at radius 2 is 1.05 bits per heavy atom.